The quantitative estimate of drug-likeness (QED) is 0.510. The van der Waals surface area contributed by atoms with Crippen molar-refractivity contribution in [1.29, 1.82) is 0 Å². The summed E-state index contributed by atoms with van der Waals surface area (Å²) in [5, 5.41) is 15.6. The van der Waals surface area contributed by atoms with Crippen LogP contribution in [0, 0.1) is 0 Å². The SMILES string of the molecule is COc1ccc(OC)c(CNc2ccc(-c3nc(-c4ccccc4)no3)nn2)c1. The molecule has 2 aromatic heterocycles. The molecule has 2 aromatic carbocycles. The lowest BCUT2D eigenvalue weighted by Crippen LogP contribution is -2.04. The summed E-state index contributed by atoms with van der Waals surface area (Å²) in [5.74, 6) is 2.96. The maximum absolute atomic E-state index is 5.39. The molecule has 0 aliphatic rings. The molecule has 0 unspecified atom stereocenters. The van der Waals surface area contributed by atoms with Gasteiger partial charge in [-0.2, -0.15) is 4.98 Å². The van der Waals surface area contributed by atoms with E-state index in [0.717, 1.165) is 22.6 Å². The largest absolute Gasteiger partial charge is 0.497 e. The van der Waals surface area contributed by atoms with E-state index >= 15 is 0 Å². The first kappa shape index (κ1) is 18.4. The Morgan fingerprint density at radius 2 is 1.79 bits per heavy atom. The summed E-state index contributed by atoms with van der Waals surface area (Å²) in [6.45, 7) is 0.507. The van der Waals surface area contributed by atoms with E-state index in [2.05, 4.69) is 25.7 Å². The molecular formula is C21H19N5O3. The molecule has 0 bridgehead atoms. The van der Waals surface area contributed by atoms with Gasteiger partial charge < -0.3 is 19.3 Å². The Labute approximate surface area is 167 Å². The van der Waals surface area contributed by atoms with Crippen molar-refractivity contribution >= 4 is 5.82 Å². The molecule has 8 nitrogen and oxygen atoms in total. The second kappa shape index (κ2) is 8.39. The van der Waals surface area contributed by atoms with Crippen LogP contribution >= 0.6 is 0 Å². The Bertz CT molecular complexity index is 1080. The van der Waals surface area contributed by atoms with Crippen molar-refractivity contribution in [2.45, 2.75) is 6.54 Å². The molecule has 0 aliphatic carbocycles. The van der Waals surface area contributed by atoms with E-state index in [9.17, 15) is 0 Å². The van der Waals surface area contributed by atoms with Gasteiger partial charge in [0.25, 0.3) is 5.89 Å². The topological polar surface area (TPSA) is 95.2 Å². The highest BCUT2D eigenvalue weighted by atomic mass is 16.5. The number of benzene rings is 2. The Morgan fingerprint density at radius 1 is 0.931 bits per heavy atom. The molecule has 0 radical (unpaired) electrons. The second-order valence-electron chi connectivity index (χ2n) is 6.12. The van der Waals surface area contributed by atoms with Gasteiger partial charge in [0.2, 0.25) is 5.82 Å². The Kier molecular flexibility index (Phi) is 5.33. The third kappa shape index (κ3) is 4.16. The molecule has 0 saturated heterocycles. The number of nitrogens with one attached hydrogen (secondary N) is 1. The third-order valence-corrected chi connectivity index (χ3v) is 4.29. The predicted octanol–water partition coefficient (Wildman–Crippen LogP) is 3.82. The van der Waals surface area contributed by atoms with Crippen LogP contribution in [0.3, 0.4) is 0 Å². The Balaban J connectivity index is 1.46. The average Bonchev–Trinajstić information content (AvgIpc) is 3.29. The number of hydrogen-bond donors (Lipinski definition) is 1. The van der Waals surface area contributed by atoms with Gasteiger partial charge in [0.15, 0.2) is 5.69 Å². The van der Waals surface area contributed by atoms with Gasteiger partial charge in [-0.15, -0.1) is 10.2 Å². The molecule has 146 valence electrons. The van der Waals surface area contributed by atoms with E-state index in [-0.39, 0.29) is 0 Å². The van der Waals surface area contributed by atoms with Gasteiger partial charge in [-0.1, -0.05) is 35.5 Å². The zero-order chi connectivity index (χ0) is 20.1. The van der Waals surface area contributed by atoms with Gasteiger partial charge in [-0.05, 0) is 30.3 Å². The highest BCUT2D eigenvalue weighted by molar-refractivity contribution is 5.57. The van der Waals surface area contributed by atoms with Gasteiger partial charge >= 0.3 is 0 Å². The lowest BCUT2D eigenvalue weighted by atomic mass is 10.2. The summed E-state index contributed by atoms with van der Waals surface area (Å²) in [6.07, 6.45) is 0. The van der Waals surface area contributed by atoms with Crippen LogP contribution < -0.4 is 14.8 Å². The zero-order valence-corrected chi connectivity index (χ0v) is 16.0. The normalized spacial score (nSPS) is 10.6. The predicted molar refractivity (Wildman–Crippen MR) is 108 cm³/mol. The highest BCUT2D eigenvalue weighted by Crippen LogP contribution is 2.25. The number of hydrogen-bond acceptors (Lipinski definition) is 8. The first-order valence-corrected chi connectivity index (χ1v) is 8.95. The van der Waals surface area contributed by atoms with Crippen molar-refractivity contribution in [1.82, 2.24) is 20.3 Å². The summed E-state index contributed by atoms with van der Waals surface area (Å²) in [5.41, 5.74) is 2.33. The van der Waals surface area contributed by atoms with Gasteiger partial charge in [-0.25, -0.2) is 0 Å². The molecule has 0 saturated carbocycles. The Hall–Kier alpha value is -3.94. The third-order valence-electron chi connectivity index (χ3n) is 4.29. The minimum atomic E-state index is 0.317. The average molecular weight is 389 g/mol. The van der Waals surface area contributed by atoms with E-state index in [4.69, 9.17) is 14.0 Å². The van der Waals surface area contributed by atoms with Crippen molar-refractivity contribution in [2.75, 3.05) is 19.5 Å². The number of anilines is 1. The minimum Gasteiger partial charge on any atom is -0.497 e. The van der Waals surface area contributed by atoms with Crippen molar-refractivity contribution < 1.29 is 14.0 Å². The number of methoxy groups -OCH3 is 2. The van der Waals surface area contributed by atoms with Crippen LogP contribution in [0.1, 0.15) is 5.56 Å². The minimum absolute atomic E-state index is 0.317. The first-order valence-electron chi connectivity index (χ1n) is 8.95. The van der Waals surface area contributed by atoms with Crippen LogP contribution in [0.25, 0.3) is 23.0 Å². The van der Waals surface area contributed by atoms with Crippen molar-refractivity contribution in [3.05, 3.63) is 66.2 Å². The fourth-order valence-electron chi connectivity index (χ4n) is 2.78. The lowest BCUT2D eigenvalue weighted by Gasteiger charge is -2.11. The summed E-state index contributed by atoms with van der Waals surface area (Å²) < 4.78 is 16.0. The number of nitrogens with zero attached hydrogens (tertiary/aromatic N) is 4. The fourth-order valence-corrected chi connectivity index (χ4v) is 2.78. The standard InChI is InChI=1S/C21H19N5O3/c1-27-16-8-10-18(28-2)15(12-16)13-22-19-11-9-17(24-25-19)21-23-20(26-29-21)14-6-4-3-5-7-14/h3-12H,13H2,1-2H3,(H,22,25). The summed E-state index contributed by atoms with van der Waals surface area (Å²) in [7, 11) is 3.26. The molecule has 0 atom stereocenters. The summed E-state index contributed by atoms with van der Waals surface area (Å²) in [6, 6.07) is 18.8. The first-order chi connectivity index (χ1) is 14.3. The van der Waals surface area contributed by atoms with Crippen LogP contribution in [0.2, 0.25) is 0 Å². The van der Waals surface area contributed by atoms with Gasteiger partial charge in [0.1, 0.15) is 17.3 Å². The molecule has 0 spiro atoms. The van der Waals surface area contributed by atoms with Gasteiger partial charge in [0.05, 0.1) is 14.2 Å². The molecule has 2 heterocycles. The molecule has 4 rings (SSSR count). The molecule has 8 heteroatoms. The molecule has 0 fully saturated rings. The van der Waals surface area contributed by atoms with Crippen LogP contribution in [0.5, 0.6) is 11.5 Å². The number of rotatable bonds is 7. The molecule has 1 N–H and O–H groups in total. The second-order valence-corrected chi connectivity index (χ2v) is 6.12. The van der Waals surface area contributed by atoms with E-state index in [1.807, 2.05) is 48.5 Å². The van der Waals surface area contributed by atoms with E-state index in [1.165, 1.54) is 0 Å². The Morgan fingerprint density at radius 3 is 2.52 bits per heavy atom. The van der Waals surface area contributed by atoms with Crippen LogP contribution in [0.15, 0.2) is 65.2 Å². The van der Waals surface area contributed by atoms with Crippen LogP contribution in [0.4, 0.5) is 5.82 Å². The van der Waals surface area contributed by atoms with Gasteiger partial charge in [-0.3, -0.25) is 0 Å². The van der Waals surface area contributed by atoms with Crippen LogP contribution in [-0.4, -0.2) is 34.6 Å². The summed E-state index contributed by atoms with van der Waals surface area (Å²) in [4.78, 5) is 4.38. The van der Waals surface area contributed by atoms with E-state index in [0.29, 0.717) is 29.8 Å². The molecular weight excluding hydrogens is 370 g/mol. The molecule has 4 aromatic rings. The number of ether oxygens (including phenoxy) is 2. The summed E-state index contributed by atoms with van der Waals surface area (Å²) >= 11 is 0. The van der Waals surface area contributed by atoms with E-state index < -0.39 is 0 Å². The van der Waals surface area contributed by atoms with Crippen LogP contribution in [-0.2, 0) is 6.54 Å². The number of aromatic nitrogens is 4. The van der Waals surface area contributed by atoms with Gasteiger partial charge in [0, 0.05) is 17.7 Å². The lowest BCUT2D eigenvalue weighted by molar-refractivity contribution is 0.399. The monoisotopic (exact) mass is 389 g/mol. The highest BCUT2D eigenvalue weighted by Gasteiger charge is 2.12. The maximum atomic E-state index is 5.39. The zero-order valence-electron chi connectivity index (χ0n) is 16.0. The molecule has 0 amide bonds. The molecule has 0 aliphatic heterocycles. The molecule has 29 heavy (non-hydrogen) atoms. The van der Waals surface area contributed by atoms with Crippen molar-refractivity contribution in [3.8, 4) is 34.5 Å². The smallest absolute Gasteiger partial charge is 0.278 e. The maximum Gasteiger partial charge on any atom is 0.278 e. The fraction of sp³-hybridized carbons (Fsp3) is 0.143. The van der Waals surface area contributed by atoms with Crippen molar-refractivity contribution in [3.63, 3.8) is 0 Å². The van der Waals surface area contributed by atoms with E-state index in [1.54, 1.807) is 26.4 Å². The van der Waals surface area contributed by atoms with Crippen molar-refractivity contribution in [2.24, 2.45) is 0 Å².